The Bertz CT molecular complexity index is 654. The summed E-state index contributed by atoms with van der Waals surface area (Å²) in [6.07, 6.45) is 0.988. The van der Waals surface area contributed by atoms with Gasteiger partial charge in [-0.15, -0.1) is 0 Å². The van der Waals surface area contributed by atoms with Gasteiger partial charge in [0.2, 0.25) is 12.0 Å². The molecule has 0 bridgehead atoms. The first-order valence-electron chi connectivity index (χ1n) is 7.62. The molecule has 1 aromatic rings. The number of hydrogen-bond acceptors (Lipinski definition) is 4. The molecule has 1 saturated heterocycles. The van der Waals surface area contributed by atoms with Gasteiger partial charge in [0.1, 0.15) is 0 Å². The van der Waals surface area contributed by atoms with Crippen LogP contribution in [0.2, 0.25) is 5.02 Å². The Labute approximate surface area is 139 Å². The van der Waals surface area contributed by atoms with Crippen LogP contribution < -0.4 is 5.73 Å². The number of nitrogens with zero attached hydrogens (tertiary/aromatic N) is 2. The van der Waals surface area contributed by atoms with Crippen LogP contribution in [0.15, 0.2) is 29.4 Å². The Hall–Kier alpha value is -2.08. The topological polar surface area (TPSA) is 85.0 Å². The summed E-state index contributed by atoms with van der Waals surface area (Å²) in [6, 6.07) is 7.35. The largest absolute Gasteiger partial charge is 0.382 e. The molecular weight excluding hydrogens is 318 g/mol. The van der Waals surface area contributed by atoms with Crippen molar-refractivity contribution in [1.82, 2.24) is 4.90 Å². The van der Waals surface area contributed by atoms with Crippen LogP contribution in [0.4, 0.5) is 0 Å². The van der Waals surface area contributed by atoms with Crippen LogP contribution in [0.3, 0.4) is 0 Å². The first-order chi connectivity index (χ1) is 11.1. The first-order valence-corrected chi connectivity index (χ1v) is 7.99. The summed E-state index contributed by atoms with van der Waals surface area (Å²) in [7, 11) is 0. The van der Waals surface area contributed by atoms with Gasteiger partial charge in [-0.1, -0.05) is 35.0 Å². The Balaban J connectivity index is 1.59. The van der Waals surface area contributed by atoms with Crippen molar-refractivity contribution in [3.63, 3.8) is 0 Å². The fourth-order valence-corrected chi connectivity index (χ4v) is 3.20. The summed E-state index contributed by atoms with van der Waals surface area (Å²) in [4.78, 5) is 30.7. The number of halogens is 1. The zero-order valence-electron chi connectivity index (χ0n) is 12.6. The molecule has 2 N–H and O–H groups in total. The van der Waals surface area contributed by atoms with E-state index in [0.717, 1.165) is 5.56 Å². The smallest absolute Gasteiger partial charge is 0.266 e. The van der Waals surface area contributed by atoms with Gasteiger partial charge in [-0.2, -0.15) is 0 Å². The lowest BCUT2D eigenvalue weighted by Gasteiger charge is -2.31. The molecule has 0 aliphatic carbocycles. The van der Waals surface area contributed by atoms with Gasteiger partial charge in [0.05, 0.1) is 5.71 Å². The molecule has 0 aromatic heterocycles. The van der Waals surface area contributed by atoms with Crippen molar-refractivity contribution in [1.29, 1.82) is 0 Å². The lowest BCUT2D eigenvalue weighted by molar-refractivity contribution is -0.144. The highest BCUT2D eigenvalue weighted by atomic mass is 35.5. The molecule has 0 unspecified atom stereocenters. The molecular formula is C16H18ClN3O3. The van der Waals surface area contributed by atoms with Gasteiger partial charge in [0.25, 0.3) is 5.91 Å². The van der Waals surface area contributed by atoms with Crippen molar-refractivity contribution in [2.75, 3.05) is 13.1 Å². The summed E-state index contributed by atoms with van der Waals surface area (Å²) in [6.45, 7) is 1.04. The Morgan fingerprint density at radius 1 is 1.26 bits per heavy atom. The number of oxime groups is 1. The van der Waals surface area contributed by atoms with E-state index in [1.165, 1.54) is 0 Å². The molecule has 2 aliphatic heterocycles. The van der Waals surface area contributed by atoms with Gasteiger partial charge in [0, 0.05) is 36.0 Å². The predicted octanol–water partition coefficient (Wildman–Crippen LogP) is 1.56. The number of amides is 2. The Morgan fingerprint density at radius 2 is 1.96 bits per heavy atom. The van der Waals surface area contributed by atoms with Crippen LogP contribution in [-0.2, 0) is 14.4 Å². The maximum Gasteiger partial charge on any atom is 0.266 e. The van der Waals surface area contributed by atoms with Crippen molar-refractivity contribution in [3.8, 4) is 0 Å². The van der Waals surface area contributed by atoms with Crippen molar-refractivity contribution >= 4 is 29.1 Å². The van der Waals surface area contributed by atoms with Crippen LogP contribution in [-0.4, -0.2) is 41.6 Å². The highest BCUT2D eigenvalue weighted by Gasteiger charge is 2.35. The van der Waals surface area contributed by atoms with Crippen LogP contribution in [0.5, 0.6) is 0 Å². The second-order valence-corrected chi connectivity index (χ2v) is 6.23. The van der Waals surface area contributed by atoms with E-state index in [4.69, 9.17) is 22.2 Å². The molecule has 0 spiro atoms. The van der Waals surface area contributed by atoms with Gasteiger partial charge in [-0.25, -0.2) is 0 Å². The fourth-order valence-electron chi connectivity index (χ4n) is 2.95. The number of carbonyl (C=O) groups excluding carboxylic acids is 2. The summed E-state index contributed by atoms with van der Waals surface area (Å²) in [5, 5.41) is 4.61. The molecule has 0 saturated carbocycles. The van der Waals surface area contributed by atoms with Gasteiger partial charge >= 0.3 is 0 Å². The van der Waals surface area contributed by atoms with Crippen LogP contribution in [0.25, 0.3) is 0 Å². The first kappa shape index (κ1) is 15.8. The van der Waals surface area contributed by atoms with E-state index in [2.05, 4.69) is 5.16 Å². The zero-order chi connectivity index (χ0) is 16.4. The molecule has 2 aliphatic rings. The minimum atomic E-state index is -0.619. The van der Waals surface area contributed by atoms with Gasteiger partial charge in [-0.05, 0) is 18.9 Å². The molecule has 7 heteroatoms. The molecule has 3 rings (SSSR count). The summed E-state index contributed by atoms with van der Waals surface area (Å²) >= 11 is 6.15. The number of benzene rings is 1. The number of rotatable bonds is 3. The minimum absolute atomic E-state index is 0.0984. The van der Waals surface area contributed by atoms with Crippen molar-refractivity contribution < 1.29 is 14.4 Å². The second kappa shape index (κ2) is 6.58. The van der Waals surface area contributed by atoms with Gasteiger partial charge in [-0.3, -0.25) is 9.59 Å². The predicted molar refractivity (Wildman–Crippen MR) is 86.0 cm³/mol. The molecule has 122 valence electrons. The number of primary amides is 1. The van der Waals surface area contributed by atoms with E-state index in [1.54, 1.807) is 11.0 Å². The van der Waals surface area contributed by atoms with E-state index < -0.39 is 6.10 Å². The standard InChI is InChI=1S/C16H18ClN3O3/c17-12-4-2-1-3-11(12)13-9-14(23-19-13)16(22)20-7-5-10(6-8-20)15(18)21/h1-4,10,14H,5-9H2,(H2,18,21)/t14-/m0/s1. The van der Waals surface area contributed by atoms with Crippen LogP contribution >= 0.6 is 11.6 Å². The van der Waals surface area contributed by atoms with Crippen molar-refractivity contribution in [2.45, 2.75) is 25.4 Å². The Morgan fingerprint density at radius 3 is 2.61 bits per heavy atom. The van der Waals surface area contributed by atoms with E-state index in [0.29, 0.717) is 43.1 Å². The lowest BCUT2D eigenvalue weighted by atomic mass is 9.95. The third kappa shape index (κ3) is 3.32. The quantitative estimate of drug-likeness (QED) is 0.909. The fraction of sp³-hybridized carbons (Fsp3) is 0.438. The van der Waals surface area contributed by atoms with Crippen LogP contribution in [0, 0.1) is 5.92 Å². The summed E-state index contributed by atoms with van der Waals surface area (Å²) in [5.74, 6) is -0.532. The average molecular weight is 336 g/mol. The zero-order valence-corrected chi connectivity index (χ0v) is 13.3. The van der Waals surface area contributed by atoms with Gasteiger partial charge < -0.3 is 15.5 Å². The highest BCUT2D eigenvalue weighted by molar-refractivity contribution is 6.34. The van der Waals surface area contributed by atoms with E-state index in [9.17, 15) is 9.59 Å². The maximum absolute atomic E-state index is 12.5. The SMILES string of the molecule is NC(=O)C1CCN(C(=O)[C@@H]2CC(c3ccccc3Cl)=NO2)CC1. The average Bonchev–Trinajstić information content (AvgIpc) is 3.04. The van der Waals surface area contributed by atoms with Crippen LogP contribution in [0.1, 0.15) is 24.8 Å². The normalized spacial score (nSPS) is 21.7. The monoisotopic (exact) mass is 335 g/mol. The number of nitrogens with two attached hydrogens (primary N) is 1. The van der Waals surface area contributed by atoms with E-state index in [-0.39, 0.29) is 17.7 Å². The lowest BCUT2D eigenvalue weighted by Crippen LogP contribution is -2.45. The molecule has 0 radical (unpaired) electrons. The number of carbonyl (C=O) groups is 2. The molecule has 2 heterocycles. The molecule has 23 heavy (non-hydrogen) atoms. The third-order valence-corrected chi connectivity index (χ3v) is 4.67. The molecule has 2 amide bonds. The molecule has 1 aromatic carbocycles. The number of piperidine rings is 1. The Kier molecular flexibility index (Phi) is 4.52. The summed E-state index contributed by atoms with van der Waals surface area (Å²) in [5.41, 5.74) is 6.78. The van der Waals surface area contributed by atoms with E-state index >= 15 is 0 Å². The van der Waals surface area contributed by atoms with Crippen molar-refractivity contribution in [2.24, 2.45) is 16.8 Å². The second-order valence-electron chi connectivity index (χ2n) is 5.82. The molecule has 1 fully saturated rings. The maximum atomic E-state index is 12.5. The van der Waals surface area contributed by atoms with E-state index in [1.807, 2.05) is 18.2 Å². The number of hydrogen-bond donors (Lipinski definition) is 1. The third-order valence-electron chi connectivity index (χ3n) is 4.34. The molecule has 6 nitrogen and oxygen atoms in total. The number of likely N-dealkylation sites (tertiary alicyclic amines) is 1. The highest BCUT2D eigenvalue weighted by Crippen LogP contribution is 2.25. The minimum Gasteiger partial charge on any atom is -0.382 e. The van der Waals surface area contributed by atoms with Gasteiger partial charge in [0.15, 0.2) is 0 Å². The van der Waals surface area contributed by atoms with Crippen molar-refractivity contribution in [3.05, 3.63) is 34.9 Å². The summed E-state index contributed by atoms with van der Waals surface area (Å²) < 4.78 is 0. The molecule has 1 atom stereocenters.